The Hall–Kier alpha value is -2.93. The molecule has 0 aliphatic rings. The fourth-order valence-corrected chi connectivity index (χ4v) is 3.63. The van der Waals surface area contributed by atoms with Crippen LogP contribution in [0.2, 0.25) is 0 Å². The first kappa shape index (κ1) is 18.8. The van der Waals surface area contributed by atoms with Crippen molar-refractivity contribution in [2.24, 2.45) is 5.92 Å². The minimum absolute atomic E-state index is 0.0809. The van der Waals surface area contributed by atoms with E-state index in [1.807, 2.05) is 57.2 Å². The molecule has 3 rings (SSSR count). The van der Waals surface area contributed by atoms with Crippen molar-refractivity contribution in [3.8, 4) is 0 Å². The van der Waals surface area contributed by atoms with Crippen molar-refractivity contribution in [1.82, 2.24) is 10.3 Å². The summed E-state index contributed by atoms with van der Waals surface area (Å²) in [4.78, 5) is 29.5. The van der Waals surface area contributed by atoms with E-state index in [9.17, 15) is 9.59 Å². The van der Waals surface area contributed by atoms with Crippen molar-refractivity contribution >= 4 is 44.3 Å². The third-order valence-electron chi connectivity index (χ3n) is 4.12. The number of aryl methyl sites for hydroxylation is 1. The summed E-state index contributed by atoms with van der Waals surface area (Å²) in [6.45, 7) is 5.76. The van der Waals surface area contributed by atoms with Crippen molar-refractivity contribution in [3.05, 3.63) is 54.1 Å². The van der Waals surface area contributed by atoms with Crippen LogP contribution in [0.15, 0.2) is 48.5 Å². The molecule has 1 unspecified atom stereocenters. The number of hydrogen-bond donors (Lipinski definition) is 3. The zero-order valence-electron chi connectivity index (χ0n) is 15.4. The van der Waals surface area contributed by atoms with Gasteiger partial charge in [0.25, 0.3) is 0 Å². The molecule has 1 aromatic heterocycles. The average Bonchev–Trinajstić information content (AvgIpc) is 3.04. The molecule has 3 aromatic rings. The molecule has 0 aliphatic carbocycles. The van der Waals surface area contributed by atoms with E-state index in [-0.39, 0.29) is 11.8 Å². The van der Waals surface area contributed by atoms with E-state index in [4.69, 9.17) is 0 Å². The van der Waals surface area contributed by atoms with Gasteiger partial charge in [0.2, 0.25) is 5.91 Å². The highest BCUT2D eigenvalue weighted by molar-refractivity contribution is 7.22. The van der Waals surface area contributed by atoms with Gasteiger partial charge in [0, 0.05) is 5.69 Å². The number of nitrogens with one attached hydrogen (secondary N) is 3. The van der Waals surface area contributed by atoms with Crippen LogP contribution in [0.3, 0.4) is 0 Å². The number of anilines is 2. The Morgan fingerprint density at radius 2 is 1.74 bits per heavy atom. The normalized spacial score (nSPS) is 12.0. The zero-order valence-corrected chi connectivity index (χ0v) is 16.3. The maximum absolute atomic E-state index is 12.7. The summed E-state index contributed by atoms with van der Waals surface area (Å²) in [5.74, 6) is -0.368. The Morgan fingerprint density at radius 1 is 1.00 bits per heavy atom. The van der Waals surface area contributed by atoms with Gasteiger partial charge in [0.05, 0.1) is 10.2 Å². The first-order valence-corrected chi connectivity index (χ1v) is 9.55. The Labute approximate surface area is 162 Å². The lowest BCUT2D eigenvalue weighted by Crippen LogP contribution is -2.48. The standard InChI is InChI=1S/C20H22N4O2S/c1-12(2)16(22-19(26)21-14-9-5-4-6-10-14)18(25)24-20-23-17-13(3)8-7-11-15(17)27-20/h4-12,16H,1-3H3,(H2,21,22,26)(H,23,24,25). The minimum atomic E-state index is -0.679. The summed E-state index contributed by atoms with van der Waals surface area (Å²) in [5, 5.41) is 8.84. The molecule has 140 valence electrons. The molecular weight excluding hydrogens is 360 g/mol. The van der Waals surface area contributed by atoms with Gasteiger partial charge in [-0.1, -0.05) is 55.5 Å². The molecule has 0 aliphatic heterocycles. The summed E-state index contributed by atoms with van der Waals surface area (Å²) in [6, 6.07) is 13.9. The molecule has 0 bridgehead atoms. The van der Waals surface area contributed by atoms with Crippen LogP contribution in [-0.4, -0.2) is 23.0 Å². The van der Waals surface area contributed by atoms with Crippen LogP contribution < -0.4 is 16.0 Å². The third kappa shape index (κ3) is 4.62. The SMILES string of the molecule is Cc1cccc2sc(NC(=O)C(NC(=O)Nc3ccccc3)C(C)C)nc12. The van der Waals surface area contributed by atoms with E-state index >= 15 is 0 Å². The van der Waals surface area contributed by atoms with Crippen molar-refractivity contribution in [3.63, 3.8) is 0 Å². The second kappa shape index (κ2) is 8.18. The predicted octanol–water partition coefficient (Wildman–Crippen LogP) is 4.39. The topological polar surface area (TPSA) is 83.1 Å². The molecule has 1 heterocycles. The largest absolute Gasteiger partial charge is 0.326 e. The van der Waals surface area contributed by atoms with Gasteiger partial charge >= 0.3 is 6.03 Å². The summed E-state index contributed by atoms with van der Waals surface area (Å²) >= 11 is 1.42. The van der Waals surface area contributed by atoms with Crippen LogP contribution in [0.25, 0.3) is 10.2 Å². The van der Waals surface area contributed by atoms with Crippen LogP contribution in [0.1, 0.15) is 19.4 Å². The number of hydrogen-bond acceptors (Lipinski definition) is 4. The van der Waals surface area contributed by atoms with Crippen molar-refractivity contribution in [2.75, 3.05) is 10.6 Å². The van der Waals surface area contributed by atoms with Gasteiger partial charge in [0.15, 0.2) is 5.13 Å². The second-order valence-electron chi connectivity index (χ2n) is 6.62. The van der Waals surface area contributed by atoms with E-state index in [1.165, 1.54) is 11.3 Å². The summed E-state index contributed by atoms with van der Waals surface area (Å²) in [5.41, 5.74) is 2.61. The van der Waals surface area contributed by atoms with Crippen LogP contribution in [0.4, 0.5) is 15.6 Å². The molecule has 6 nitrogen and oxygen atoms in total. The number of nitrogens with zero attached hydrogens (tertiary/aromatic N) is 1. The van der Waals surface area contributed by atoms with Gasteiger partial charge < -0.3 is 16.0 Å². The Kier molecular flexibility index (Phi) is 5.71. The number of para-hydroxylation sites is 2. The smallest absolute Gasteiger partial charge is 0.319 e. The average molecular weight is 382 g/mol. The lowest BCUT2D eigenvalue weighted by molar-refractivity contribution is -0.118. The van der Waals surface area contributed by atoms with Crippen LogP contribution in [0, 0.1) is 12.8 Å². The molecular formula is C20H22N4O2S. The van der Waals surface area contributed by atoms with E-state index < -0.39 is 12.1 Å². The fourth-order valence-electron chi connectivity index (χ4n) is 2.69. The number of benzene rings is 2. The molecule has 2 aromatic carbocycles. The molecule has 3 amide bonds. The quantitative estimate of drug-likeness (QED) is 0.612. The van der Waals surface area contributed by atoms with Gasteiger partial charge in [-0.25, -0.2) is 9.78 Å². The van der Waals surface area contributed by atoms with Gasteiger partial charge in [-0.2, -0.15) is 0 Å². The number of aromatic nitrogens is 1. The Morgan fingerprint density at radius 3 is 2.41 bits per heavy atom. The molecule has 0 radical (unpaired) electrons. The second-order valence-corrected chi connectivity index (χ2v) is 7.65. The Balaban J connectivity index is 1.69. The minimum Gasteiger partial charge on any atom is -0.326 e. The highest BCUT2D eigenvalue weighted by Gasteiger charge is 2.25. The van der Waals surface area contributed by atoms with Gasteiger partial charge in [-0.3, -0.25) is 4.79 Å². The Bertz CT molecular complexity index is 953. The molecule has 0 fully saturated rings. The predicted molar refractivity (Wildman–Crippen MR) is 110 cm³/mol. The fraction of sp³-hybridized carbons (Fsp3) is 0.250. The highest BCUT2D eigenvalue weighted by Crippen LogP contribution is 2.28. The van der Waals surface area contributed by atoms with Crippen molar-refractivity contribution in [2.45, 2.75) is 26.8 Å². The summed E-state index contributed by atoms with van der Waals surface area (Å²) < 4.78 is 1.01. The molecule has 7 heteroatoms. The molecule has 3 N–H and O–H groups in total. The zero-order chi connectivity index (χ0) is 19.4. The van der Waals surface area contributed by atoms with Crippen LogP contribution in [-0.2, 0) is 4.79 Å². The van der Waals surface area contributed by atoms with E-state index in [0.717, 1.165) is 15.8 Å². The van der Waals surface area contributed by atoms with Crippen LogP contribution >= 0.6 is 11.3 Å². The number of urea groups is 1. The third-order valence-corrected chi connectivity index (χ3v) is 5.05. The van der Waals surface area contributed by atoms with Gasteiger partial charge in [-0.05, 0) is 36.6 Å². The van der Waals surface area contributed by atoms with Gasteiger partial charge in [-0.15, -0.1) is 0 Å². The monoisotopic (exact) mass is 382 g/mol. The maximum Gasteiger partial charge on any atom is 0.319 e. The molecule has 0 spiro atoms. The van der Waals surface area contributed by atoms with Crippen molar-refractivity contribution in [1.29, 1.82) is 0 Å². The maximum atomic E-state index is 12.7. The highest BCUT2D eigenvalue weighted by atomic mass is 32.1. The number of carbonyl (C=O) groups excluding carboxylic acids is 2. The molecule has 0 saturated carbocycles. The summed E-state index contributed by atoms with van der Waals surface area (Å²) in [7, 11) is 0. The van der Waals surface area contributed by atoms with Crippen molar-refractivity contribution < 1.29 is 9.59 Å². The van der Waals surface area contributed by atoms with E-state index in [0.29, 0.717) is 10.8 Å². The number of amides is 3. The molecule has 0 saturated heterocycles. The number of thiazole rings is 1. The first-order chi connectivity index (χ1) is 12.9. The van der Waals surface area contributed by atoms with E-state index in [1.54, 1.807) is 12.1 Å². The lowest BCUT2D eigenvalue weighted by Gasteiger charge is -2.21. The molecule has 1 atom stereocenters. The first-order valence-electron chi connectivity index (χ1n) is 8.73. The number of fused-ring (bicyclic) bond motifs is 1. The molecule has 27 heavy (non-hydrogen) atoms. The number of rotatable bonds is 5. The van der Waals surface area contributed by atoms with Crippen LogP contribution in [0.5, 0.6) is 0 Å². The number of carbonyl (C=O) groups is 2. The summed E-state index contributed by atoms with van der Waals surface area (Å²) in [6.07, 6.45) is 0. The van der Waals surface area contributed by atoms with E-state index in [2.05, 4.69) is 20.9 Å². The van der Waals surface area contributed by atoms with Gasteiger partial charge in [0.1, 0.15) is 6.04 Å². The lowest BCUT2D eigenvalue weighted by atomic mass is 10.0.